The molecular weight excluding hydrogens is 215 g/mol. The summed E-state index contributed by atoms with van der Waals surface area (Å²) in [6, 6.07) is 0. The molecule has 0 bridgehead atoms. The lowest BCUT2D eigenvalue weighted by molar-refractivity contribution is -0.155. The van der Waals surface area contributed by atoms with E-state index >= 15 is 0 Å². The first kappa shape index (κ1) is 11.4. The van der Waals surface area contributed by atoms with E-state index in [0.29, 0.717) is 0 Å². The lowest BCUT2D eigenvalue weighted by Crippen LogP contribution is -2.49. The standard InChI is InChI=1S/C7H11FO5S/c8-5(6(9)10)7(11)1-3-14(12,13)4-2-7/h5,11H,1-4H2,(H,9,10). The van der Waals surface area contributed by atoms with E-state index in [1.165, 1.54) is 0 Å². The van der Waals surface area contributed by atoms with Gasteiger partial charge in [0.25, 0.3) is 0 Å². The van der Waals surface area contributed by atoms with Gasteiger partial charge in [0.1, 0.15) is 5.60 Å². The molecule has 1 unspecified atom stereocenters. The molecule has 1 aliphatic heterocycles. The van der Waals surface area contributed by atoms with Gasteiger partial charge in [0.05, 0.1) is 11.5 Å². The third-order valence-corrected chi connectivity index (χ3v) is 4.03. The molecule has 0 radical (unpaired) electrons. The molecule has 82 valence electrons. The second-order valence-electron chi connectivity index (χ2n) is 3.46. The molecule has 1 aliphatic rings. The third kappa shape index (κ3) is 2.21. The topological polar surface area (TPSA) is 91.7 Å². The Kier molecular flexibility index (Phi) is 2.82. The van der Waals surface area contributed by atoms with Gasteiger partial charge in [0.2, 0.25) is 6.17 Å². The van der Waals surface area contributed by atoms with Crippen LogP contribution in [0.4, 0.5) is 4.39 Å². The highest BCUT2D eigenvalue weighted by atomic mass is 32.2. The molecule has 1 rings (SSSR count). The van der Waals surface area contributed by atoms with Gasteiger partial charge in [-0.2, -0.15) is 0 Å². The van der Waals surface area contributed by atoms with Crippen molar-refractivity contribution in [1.82, 2.24) is 0 Å². The number of halogens is 1. The van der Waals surface area contributed by atoms with Crippen molar-refractivity contribution in [2.45, 2.75) is 24.6 Å². The Morgan fingerprint density at radius 3 is 2.14 bits per heavy atom. The number of carboxylic acid groups (broad SMARTS) is 1. The molecular formula is C7H11FO5S. The van der Waals surface area contributed by atoms with Crippen molar-refractivity contribution in [3.8, 4) is 0 Å². The summed E-state index contributed by atoms with van der Waals surface area (Å²) in [5.74, 6) is -2.49. The predicted molar refractivity (Wildman–Crippen MR) is 45.4 cm³/mol. The highest BCUT2D eigenvalue weighted by Crippen LogP contribution is 2.28. The van der Waals surface area contributed by atoms with Gasteiger partial charge in [0.15, 0.2) is 9.84 Å². The molecule has 0 aromatic rings. The lowest BCUT2D eigenvalue weighted by Gasteiger charge is -2.32. The van der Waals surface area contributed by atoms with Gasteiger partial charge in [-0.05, 0) is 12.8 Å². The predicted octanol–water partition coefficient (Wildman–Crippen LogP) is -0.651. The quantitative estimate of drug-likeness (QED) is 0.652. The van der Waals surface area contributed by atoms with Gasteiger partial charge in [-0.25, -0.2) is 17.6 Å². The average molecular weight is 226 g/mol. The zero-order valence-corrected chi connectivity index (χ0v) is 8.13. The molecule has 1 saturated heterocycles. The summed E-state index contributed by atoms with van der Waals surface area (Å²) >= 11 is 0. The van der Waals surface area contributed by atoms with E-state index in [2.05, 4.69) is 0 Å². The summed E-state index contributed by atoms with van der Waals surface area (Å²) in [5, 5.41) is 17.9. The second-order valence-corrected chi connectivity index (χ2v) is 5.76. The first-order valence-electron chi connectivity index (χ1n) is 4.06. The number of hydrogen-bond donors (Lipinski definition) is 2. The Labute approximate surface area is 80.5 Å². The molecule has 2 N–H and O–H groups in total. The van der Waals surface area contributed by atoms with E-state index in [9.17, 15) is 22.7 Å². The van der Waals surface area contributed by atoms with Crippen LogP contribution in [-0.4, -0.2) is 47.9 Å². The Morgan fingerprint density at radius 2 is 1.79 bits per heavy atom. The van der Waals surface area contributed by atoms with Crippen LogP contribution < -0.4 is 0 Å². The molecule has 5 nitrogen and oxygen atoms in total. The number of carboxylic acids is 1. The largest absolute Gasteiger partial charge is 0.479 e. The fourth-order valence-electron chi connectivity index (χ4n) is 1.37. The normalized spacial score (nSPS) is 26.7. The summed E-state index contributed by atoms with van der Waals surface area (Å²) in [6.45, 7) is 0. The van der Waals surface area contributed by atoms with Crippen LogP contribution in [0.15, 0.2) is 0 Å². The molecule has 0 aliphatic carbocycles. The number of rotatable bonds is 2. The number of aliphatic hydroxyl groups is 1. The smallest absolute Gasteiger partial charge is 0.341 e. The van der Waals surface area contributed by atoms with Crippen LogP contribution in [0.3, 0.4) is 0 Å². The van der Waals surface area contributed by atoms with E-state index in [4.69, 9.17) is 5.11 Å². The molecule has 0 aromatic carbocycles. The van der Waals surface area contributed by atoms with Gasteiger partial charge >= 0.3 is 5.97 Å². The maximum absolute atomic E-state index is 13.0. The van der Waals surface area contributed by atoms with Gasteiger partial charge in [-0.1, -0.05) is 0 Å². The van der Waals surface area contributed by atoms with Crippen molar-refractivity contribution in [3.05, 3.63) is 0 Å². The van der Waals surface area contributed by atoms with Crippen molar-refractivity contribution in [1.29, 1.82) is 0 Å². The van der Waals surface area contributed by atoms with Crippen LogP contribution in [0.25, 0.3) is 0 Å². The molecule has 1 atom stereocenters. The summed E-state index contributed by atoms with van der Waals surface area (Å²) in [6.07, 6.45) is -3.14. The Balaban J connectivity index is 2.76. The summed E-state index contributed by atoms with van der Waals surface area (Å²) in [5.41, 5.74) is -2.03. The van der Waals surface area contributed by atoms with E-state index in [1.807, 2.05) is 0 Å². The number of aliphatic carboxylic acids is 1. The monoisotopic (exact) mass is 226 g/mol. The van der Waals surface area contributed by atoms with Crippen molar-refractivity contribution < 1.29 is 27.8 Å². The van der Waals surface area contributed by atoms with Gasteiger partial charge < -0.3 is 10.2 Å². The van der Waals surface area contributed by atoms with E-state index in [1.54, 1.807) is 0 Å². The summed E-state index contributed by atoms with van der Waals surface area (Å²) < 4.78 is 34.9. The third-order valence-electron chi connectivity index (χ3n) is 2.38. The molecule has 1 fully saturated rings. The minimum absolute atomic E-state index is 0.358. The van der Waals surface area contributed by atoms with E-state index < -0.39 is 27.6 Å². The molecule has 14 heavy (non-hydrogen) atoms. The first-order chi connectivity index (χ1) is 6.27. The SMILES string of the molecule is O=C(O)C(F)C1(O)CCS(=O)(=O)CC1. The van der Waals surface area contributed by atoms with E-state index in [-0.39, 0.29) is 24.3 Å². The van der Waals surface area contributed by atoms with Crippen LogP contribution in [0.1, 0.15) is 12.8 Å². The summed E-state index contributed by atoms with van der Waals surface area (Å²) in [7, 11) is -3.23. The Bertz CT molecular complexity index is 322. The first-order valence-corrected chi connectivity index (χ1v) is 5.89. The number of carbonyl (C=O) groups is 1. The number of sulfone groups is 1. The van der Waals surface area contributed by atoms with Crippen LogP contribution in [0.2, 0.25) is 0 Å². The highest BCUT2D eigenvalue weighted by Gasteiger charge is 2.46. The zero-order valence-electron chi connectivity index (χ0n) is 7.31. The minimum Gasteiger partial charge on any atom is -0.479 e. The molecule has 0 spiro atoms. The molecule has 1 heterocycles. The fraction of sp³-hybridized carbons (Fsp3) is 0.857. The average Bonchev–Trinajstić information content (AvgIpc) is 2.09. The Hall–Kier alpha value is -0.690. The van der Waals surface area contributed by atoms with Crippen molar-refractivity contribution in [3.63, 3.8) is 0 Å². The second kappa shape index (κ2) is 3.47. The van der Waals surface area contributed by atoms with Crippen molar-refractivity contribution >= 4 is 15.8 Å². The van der Waals surface area contributed by atoms with Gasteiger partial charge in [-0.3, -0.25) is 0 Å². The van der Waals surface area contributed by atoms with Crippen LogP contribution in [0.5, 0.6) is 0 Å². The maximum Gasteiger partial charge on any atom is 0.341 e. The van der Waals surface area contributed by atoms with Gasteiger partial charge in [-0.15, -0.1) is 0 Å². The van der Waals surface area contributed by atoms with Crippen LogP contribution in [0, 0.1) is 0 Å². The van der Waals surface area contributed by atoms with Crippen LogP contribution >= 0.6 is 0 Å². The van der Waals surface area contributed by atoms with Crippen molar-refractivity contribution in [2.24, 2.45) is 0 Å². The lowest BCUT2D eigenvalue weighted by atomic mass is 9.91. The van der Waals surface area contributed by atoms with E-state index in [0.717, 1.165) is 0 Å². The minimum atomic E-state index is -3.23. The molecule has 7 heteroatoms. The highest BCUT2D eigenvalue weighted by molar-refractivity contribution is 7.91. The molecule has 0 amide bonds. The maximum atomic E-state index is 13.0. The van der Waals surface area contributed by atoms with Gasteiger partial charge in [0, 0.05) is 0 Å². The number of hydrogen-bond acceptors (Lipinski definition) is 4. The number of alkyl halides is 1. The van der Waals surface area contributed by atoms with Crippen molar-refractivity contribution in [2.75, 3.05) is 11.5 Å². The molecule has 0 saturated carbocycles. The summed E-state index contributed by atoms with van der Waals surface area (Å²) in [4.78, 5) is 10.3. The molecule has 0 aromatic heterocycles. The zero-order chi connectivity index (χ0) is 11.0. The Morgan fingerprint density at radius 1 is 1.36 bits per heavy atom. The van der Waals surface area contributed by atoms with Crippen LogP contribution in [-0.2, 0) is 14.6 Å². The fourth-order valence-corrected chi connectivity index (χ4v) is 2.91.